The highest BCUT2D eigenvalue weighted by molar-refractivity contribution is 5.74. The van der Waals surface area contributed by atoms with Gasteiger partial charge in [0.25, 0.3) is 0 Å². The van der Waals surface area contributed by atoms with Gasteiger partial charge in [-0.3, -0.25) is 0 Å². The summed E-state index contributed by atoms with van der Waals surface area (Å²) in [5.74, 6) is 1.31. The van der Waals surface area contributed by atoms with Crippen LogP contribution in [0.2, 0.25) is 0 Å². The molecule has 0 saturated heterocycles. The van der Waals surface area contributed by atoms with Crippen LogP contribution in [0.25, 0.3) is 0 Å². The molecule has 1 unspecified atom stereocenters. The van der Waals surface area contributed by atoms with Gasteiger partial charge in [0, 0.05) is 13.3 Å². The maximum Gasteiger partial charge on any atom is 0.333 e. The van der Waals surface area contributed by atoms with Gasteiger partial charge in [-0.15, -0.1) is 0 Å². The van der Waals surface area contributed by atoms with Crippen LogP contribution in [0, 0.1) is 13.8 Å². The van der Waals surface area contributed by atoms with Crippen LogP contribution < -0.4 is 0 Å². The first-order valence-electron chi connectivity index (χ1n) is 9.60. The lowest BCUT2D eigenvalue weighted by atomic mass is 10.0. The molecular formula is C21H26N4O3. The molecule has 7 nitrogen and oxygen atoms in total. The third-order valence-corrected chi connectivity index (χ3v) is 4.60. The summed E-state index contributed by atoms with van der Waals surface area (Å²) >= 11 is 0. The molecule has 3 aromatic rings. The molecule has 0 bridgehead atoms. The Morgan fingerprint density at radius 1 is 1.11 bits per heavy atom. The first kappa shape index (κ1) is 19.8. The summed E-state index contributed by atoms with van der Waals surface area (Å²) in [5.41, 5.74) is 3.34. The second-order valence-electron chi connectivity index (χ2n) is 6.73. The van der Waals surface area contributed by atoms with Crippen molar-refractivity contribution >= 4 is 5.97 Å². The molecule has 0 fully saturated rings. The van der Waals surface area contributed by atoms with E-state index in [2.05, 4.69) is 39.4 Å². The maximum absolute atomic E-state index is 12.3. The van der Waals surface area contributed by atoms with Crippen LogP contribution in [-0.2, 0) is 28.8 Å². The van der Waals surface area contributed by atoms with Gasteiger partial charge < -0.3 is 9.15 Å². The lowest BCUT2D eigenvalue weighted by Crippen LogP contribution is -2.26. The van der Waals surface area contributed by atoms with Crippen molar-refractivity contribution < 1.29 is 13.9 Å². The lowest BCUT2D eigenvalue weighted by Gasteiger charge is -2.15. The van der Waals surface area contributed by atoms with Crippen LogP contribution in [0.5, 0.6) is 0 Å². The van der Waals surface area contributed by atoms with Crippen molar-refractivity contribution in [2.75, 3.05) is 6.61 Å². The van der Waals surface area contributed by atoms with Crippen molar-refractivity contribution in [3.63, 3.8) is 0 Å². The molecule has 1 aromatic carbocycles. The molecule has 7 heteroatoms. The first-order chi connectivity index (χ1) is 13.6. The monoisotopic (exact) mass is 382 g/mol. The van der Waals surface area contributed by atoms with E-state index in [0.717, 1.165) is 42.2 Å². The molecule has 1 atom stereocenters. The number of rotatable bonds is 9. The molecule has 0 radical (unpaired) electrons. The molecule has 28 heavy (non-hydrogen) atoms. The molecule has 2 aromatic heterocycles. The van der Waals surface area contributed by atoms with E-state index < -0.39 is 6.04 Å². The predicted molar refractivity (Wildman–Crippen MR) is 104 cm³/mol. The number of oxazole rings is 1. The average Bonchev–Trinajstić information content (AvgIpc) is 3.31. The molecule has 0 spiro atoms. The number of benzene rings is 1. The van der Waals surface area contributed by atoms with E-state index in [-0.39, 0.29) is 5.97 Å². The van der Waals surface area contributed by atoms with Gasteiger partial charge in [-0.2, -0.15) is 15.0 Å². The highest BCUT2D eigenvalue weighted by Gasteiger charge is 2.23. The number of esters is 1. The summed E-state index contributed by atoms with van der Waals surface area (Å²) < 4.78 is 10.7. The third kappa shape index (κ3) is 5.06. The Bertz CT molecular complexity index is 885. The molecule has 0 aliphatic rings. The van der Waals surface area contributed by atoms with Crippen LogP contribution in [0.1, 0.15) is 47.9 Å². The average molecular weight is 382 g/mol. The number of aromatic nitrogens is 4. The highest BCUT2D eigenvalue weighted by Crippen LogP contribution is 2.17. The van der Waals surface area contributed by atoms with Crippen molar-refractivity contribution in [3.05, 3.63) is 65.1 Å². The van der Waals surface area contributed by atoms with E-state index in [9.17, 15) is 4.79 Å². The maximum atomic E-state index is 12.3. The normalized spacial score (nSPS) is 12.1. The summed E-state index contributed by atoms with van der Waals surface area (Å²) in [6, 6.07) is 7.76. The van der Waals surface area contributed by atoms with E-state index in [1.54, 1.807) is 19.3 Å². The van der Waals surface area contributed by atoms with E-state index >= 15 is 0 Å². The Kier molecular flexibility index (Phi) is 6.57. The fourth-order valence-electron chi connectivity index (χ4n) is 3.21. The Balaban J connectivity index is 1.58. The summed E-state index contributed by atoms with van der Waals surface area (Å²) in [6.45, 7) is 5.96. The molecule has 148 valence electrons. The van der Waals surface area contributed by atoms with Crippen molar-refractivity contribution in [1.82, 2.24) is 20.0 Å². The third-order valence-electron chi connectivity index (χ3n) is 4.60. The van der Waals surface area contributed by atoms with E-state index in [1.807, 2.05) is 13.8 Å². The zero-order valence-electron chi connectivity index (χ0n) is 16.6. The Labute approximate surface area is 164 Å². The Hall–Kier alpha value is -2.96. The van der Waals surface area contributed by atoms with Gasteiger partial charge in [0.2, 0.25) is 0 Å². The quantitative estimate of drug-likeness (QED) is 0.528. The highest BCUT2D eigenvalue weighted by atomic mass is 16.5. The molecule has 3 rings (SSSR count). The SMILES string of the molecule is CCOC(=O)C(Cc1ccc(CCCc2nc(C)oc2C)cc1)n1nccn1. The largest absolute Gasteiger partial charge is 0.464 e. The topological polar surface area (TPSA) is 83.0 Å². The zero-order chi connectivity index (χ0) is 19.9. The molecule has 2 heterocycles. The molecule has 0 N–H and O–H groups in total. The fraction of sp³-hybridized carbons (Fsp3) is 0.429. The van der Waals surface area contributed by atoms with Crippen molar-refractivity contribution in [2.24, 2.45) is 0 Å². The Morgan fingerprint density at radius 2 is 1.79 bits per heavy atom. The lowest BCUT2D eigenvalue weighted by molar-refractivity contribution is -0.147. The molecule has 0 saturated carbocycles. The number of aryl methyl sites for hydroxylation is 4. The van der Waals surface area contributed by atoms with Gasteiger partial charge in [0.1, 0.15) is 5.76 Å². The zero-order valence-corrected chi connectivity index (χ0v) is 16.6. The number of hydrogen-bond donors (Lipinski definition) is 0. The molecule has 0 aliphatic carbocycles. The van der Waals surface area contributed by atoms with E-state index in [0.29, 0.717) is 13.0 Å². The second kappa shape index (κ2) is 9.30. The van der Waals surface area contributed by atoms with Crippen LogP contribution in [0.4, 0.5) is 0 Å². The van der Waals surface area contributed by atoms with Crippen LogP contribution in [0.3, 0.4) is 0 Å². The van der Waals surface area contributed by atoms with Crippen molar-refractivity contribution in [2.45, 2.75) is 52.5 Å². The van der Waals surface area contributed by atoms with Gasteiger partial charge in [-0.05, 0) is 44.2 Å². The first-order valence-corrected chi connectivity index (χ1v) is 9.60. The van der Waals surface area contributed by atoms with Gasteiger partial charge in [0.15, 0.2) is 11.9 Å². The fourth-order valence-corrected chi connectivity index (χ4v) is 3.21. The van der Waals surface area contributed by atoms with Crippen LogP contribution >= 0.6 is 0 Å². The molecule has 0 aliphatic heterocycles. The number of nitrogens with zero attached hydrogens (tertiary/aromatic N) is 4. The van der Waals surface area contributed by atoms with Gasteiger partial charge in [-0.1, -0.05) is 24.3 Å². The van der Waals surface area contributed by atoms with Crippen LogP contribution in [-0.4, -0.2) is 32.6 Å². The predicted octanol–water partition coefficient (Wildman–Crippen LogP) is 3.41. The summed E-state index contributed by atoms with van der Waals surface area (Å²) in [7, 11) is 0. The minimum atomic E-state index is -0.556. The summed E-state index contributed by atoms with van der Waals surface area (Å²) in [4.78, 5) is 18.1. The van der Waals surface area contributed by atoms with Gasteiger partial charge >= 0.3 is 5.97 Å². The minimum Gasteiger partial charge on any atom is -0.464 e. The van der Waals surface area contributed by atoms with E-state index in [1.165, 1.54) is 10.4 Å². The molecule has 0 amide bonds. The number of ether oxygens (including phenoxy) is 1. The van der Waals surface area contributed by atoms with Crippen LogP contribution in [0.15, 0.2) is 41.1 Å². The minimum absolute atomic E-state index is 0.318. The summed E-state index contributed by atoms with van der Waals surface area (Å²) in [5, 5.41) is 8.21. The number of carbonyl (C=O) groups is 1. The summed E-state index contributed by atoms with van der Waals surface area (Å²) in [6.07, 6.45) is 6.50. The smallest absolute Gasteiger partial charge is 0.333 e. The van der Waals surface area contributed by atoms with Crippen molar-refractivity contribution in [3.8, 4) is 0 Å². The van der Waals surface area contributed by atoms with E-state index in [4.69, 9.17) is 9.15 Å². The standard InChI is InChI=1S/C21H26N4O3/c1-4-27-21(26)20(25-22-12-13-23-25)14-18-10-8-17(9-11-18)6-5-7-19-15(2)28-16(3)24-19/h8-13,20H,4-7,14H2,1-3H3. The second-order valence-corrected chi connectivity index (χ2v) is 6.73. The molecular weight excluding hydrogens is 356 g/mol. The van der Waals surface area contributed by atoms with Crippen molar-refractivity contribution in [1.29, 1.82) is 0 Å². The van der Waals surface area contributed by atoms with Gasteiger partial charge in [0.05, 0.1) is 24.7 Å². The Morgan fingerprint density at radius 3 is 2.39 bits per heavy atom. The van der Waals surface area contributed by atoms with Gasteiger partial charge in [-0.25, -0.2) is 9.78 Å². The number of carbonyl (C=O) groups excluding carboxylic acids is 1. The number of hydrogen-bond acceptors (Lipinski definition) is 6.